The van der Waals surface area contributed by atoms with Crippen molar-refractivity contribution in [3.63, 3.8) is 0 Å². The molecule has 0 saturated heterocycles. The second kappa shape index (κ2) is 5.96. The molecule has 1 aromatic rings. The van der Waals surface area contributed by atoms with E-state index in [2.05, 4.69) is 9.71 Å². The number of aromatic nitrogens is 1. The van der Waals surface area contributed by atoms with Crippen molar-refractivity contribution in [2.24, 2.45) is 5.73 Å². The lowest BCUT2D eigenvalue weighted by molar-refractivity contribution is -0.00476. The van der Waals surface area contributed by atoms with Crippen LogP contribution in [-0.2, 0) is 21.3 Å². The van der Waals surface area contributed by atoms with Crippen LogP contribution in [0.15, 0.2) is 23.2 Å². The van der Waals surface area contributed by atoms with Crippen molar-refractivity contribution in [3.05, 3.63) is 24.0 Å². The van der Waals surface area contributed by atoms with Gasteiger partial charge in [-0.3, -0.25) is 4.98 Å². The molecule has 1 aliphatic rings. The summed E-state index contributed by atoms with van der Waals surface area (Å²) in [6, 6.07) is 3.06. The first kappa shape index (κ1) is 14.4. The number of sulfonamides is 1. The predicted molar refractivity (Wildman–Crippen MR) is 70.9 cm³/mol. The Morgan fingerprint density at radius 1 is 1.53 bits per heavy atom. The molecule has 0 amide bonds. The number of hydrogen-bond acceptors (Lipinski definition) is 5. The Morgan fingerprint density at radius 2 is 2.26 bits per heavy atom. The van der Waals surface area contributed by atoms with Crippen molar-refractivity contribution >= 4 is 10.0 Å². The van der Waals surface area contributed by atoms with E-state index in [0.29, 0.717) is 25.1 Å². The molecule has 1 saturated carbocycles. The number of pyridine rings is 1. The number of nitrogens with zero attached hydrogens (tertiary/aromatic N) is 1. The smallest absolute Gasteiger partial charge is 0.242 e. The summed E-state index contributed by atoms with van der Waals surface area (Å²) in [6.07, 6.45) is 3.13. The van der Waals surface area contributed by atoms with Gasteiger partial charge in [0.15, 0.2) is 0 Å². The fraction of sp³-hybridized carbons (Fsp3) is 0.583. The first-order chi connectivity index (χ1) is 9.06. The van der Waals surface area contributed by atoms with Gasteiger partial charge in [0.2, 0.25) is 10.0 Å². The van der Waals surface area contributed by atoms with Crippen LogP contribution in [0.1, 0.15) is 25.5 Å². The molecule has 0 aliphatic heterocycles. The van der Waals surface area contributed by atoms with E-state index in [4.69, 9.17) is 10.5 Å². The third kappa shape index (κ3) is 3.30. The molecule has 19 heavy (non-hydrogen) atoms. The standard InChI is InChI=1S/C12H19N3O3S/c1-2-18-10-6-9(7-10)15-19(16,17)12-4-3-5-14-11(12)8-13/h3-5,9-10,15H,2,6-8,13H2,1H3. The minimum absolute atomic E-state index is 0.0626. The van der Waals surface area contributed by atoms with Crippen LogP contribution in [0.5, 0.6) is 0 Å². The summed E-state index contributed by atoms with van der Waals surface area (Å²) in [6.45, 7) is 2.69. The highest BCUT2D eigenvalue weighted by Crippen LogP contribution is 2.25. The maximum Gasteiger partial charge on any atom is 0.242 e. The molecule has 7 heteroatoms. The van der Waals surface area contributed by atoms with E-state index in [1.54, 1.807) is 6.07 Å². The van der Waals surface area contributed by atoms with E-state index in [1.165, 1.54) is 12.3 Å². The highest BCUT2D eigenvalue weighted by Gasteiger charge is 2.33. The summed E-state index contributed by atoms with van der Waals surface area (Å²) in [5.74, 6) is 0. The second-order valence-corrected chi connectivity index (χ2v) is 6.20. The summed E-state index contributed by atoms with van der Waals surface area (Å²) in [5.41, 5.74) is 5.90. The Balaban J connectivity index is 2.03. The number of nitrogens with one attached hydrogen (secondary N) is 1. The maximum absolute atomic E-state index is 12.2. The van der Waals surface area contributed by atoms with Crippen molar-refractivity contribution in [3.8, 4) is 0 Å². The first-order valence-corrected chi connectivity index (χ1v) is 7.83. The van der Waals surface area contributed by atoms with Gasteiger partial charge in [-0.1, -0.05) is 0 Å². The van der Waals surface area contributed by atoms with Crippen LogP contribution in [0.4, 0.5) is 0 Å². The molecule has 1 aliphatic carbocycles. The van der Waals surface area contributed by atoms with Crippen LogP contribution in [0, 0.1) is 0 Å². The van der Waals surface area contributed by atoms with Gasteiger partial charge in [0.05, 0.1) is 11.8 Å². The molecular formula is C12H19N3O3S. The van der Waals surface area contributed by atoms with Crippen molar-refractivity contribution < 1.29 is 13.2 Å². The van der Waals surface area contributed by atoms with E-state index in [1.807, 2.05) is 6.92 Å². The van der Waals surface area contributed by atoms with Gasteiger partial charge in [-0.25, -0.2) is 13.1 Å². The Bertz CT molecular complexity index is 527. The lowest BCUT2D eigenvalue weighted by Crippen LogP contribution is -2.47. The Labute approximate surface area is 113 Å². The van der Waals surface area contributed by atoms with Crippen molar-refractivity contribution in [2.45, 2.75) is 43.4 Å². The summed E-state index contributed by atoms with van der Waals surface area (Å²) in [4.78, 5) is 4.15. The second-order valence-electron chi connectivity index (χ2n) is 4.52. The molecule has 1 fully saturated rings. The molecule has 2 rings (SSSR count). The maximum atomic E-state index is 12.2. The van der Waals surface area contributed by atoms with Crippen LogP contribution in [0.25, 0.3) is 0 Å². The molecule has 6 nitrogen and oxygen atoms in total. The molecule has 0 unspecified atom stereocenters. The Kier molecular flexibility index (Phi) is 4.51. The topological polar surface area (TPSA) is 94.3 Å². The zero-order valence-corrected chi connectivity index (χ0v) is 11.7. The molecule has 0 spiro atoms. The van der Waals surface area contributed by atoms with E-state index >= 15 is 0 Å². The molecule has 0 radical (unpaired) electrons. The third-order valence-corrected chi connectivity index (χ3v) is 4.74. The van der Waals surface area contributed by atoms with E-state index in [-0.39, 0.29) is 23.6 Å². The number of rotatable bonds is 6. The van der Waals surface area contributed by atoms with E-state index in [0.717, 1.165) is 0 Å². The van der Waals surface area contributed by atoms with Crippen LogP contribution in [0.2, 0.25) is 0 Å². The molecular weight excluding hydrogens is 266 g/mol. The quantitative estimate of drug-likeness (QED) is 0.788. The Morgan fingerprint density at radius 3 is 2.89 bits per heavy atom. The van der Waals surface area contributed by atoms with Crippen molar-refractivity contribution in [2.75, 3.05) is 6.61 Å². The van der Waals surface area contributed by atoms with Gasteiger partial charge in [0, 0.05) is 25.4 Å². The van der Waals surface area contributed by atoms with Gasteiger partial charge in [-0.15, -0.1) is 0 Å². The zero-order chi connectivity index (χ0) is 13.9. The number of nitrogens with two attached hydrogens (primary N) is 1. The lowest BCUT2D eigenvalue weighted by Gasteiger charge is -2.35. The van der Waals surface area contributed by atoms with Gasteiger partial charge in [0.25, 0.3) is 0 Å². The molecule has 0 aromatic carbocycles. The van der Waals surface area contributed by atoms with Gasteiger partial charge in [-0.05, 0) is 31.9 Å². The number of hydrogen-bond donors (Lipinski definition) is 2. The van der Waals surface area contributed by atoms with Gasteiger partial charge in [-0.2, -0.15) is 0 Å². The van der Waals surface area contributed by atoms with Crippen molar-refractivity contribution in [1.29, 1.82) is 0 Å². The fourth-order valence-electron chi connectivity index (χ4n) is 2.14. The molecule has 1 heterocycles. The average molecular weight is 285 g/mol. The van der Waals surface area contributed by atoms with Crippen LogP contribution >= 0.6 is 0 Å². The molecule has 0 bridgehead atoms. The largest absolute Gasteiger partial charge is 0.378 e. The average Bonchev–Trinajstić information content (AvgIpc) is 2.36. The number of ether oxygens (including phenoxy) is 1. The van der Waals surface area contributed by atoms with Gasteiger partial charge >= 0.3 is 0 Å². The SMILES string of the molecule is CCOC1CC(NS(=O)(=O)c2cccnc2CN)C1. The highest BCUT2D eigenvalue weighted by atomic mass is 32.2. The van der Waals surface area contributed by atoms with Crippen LogP contribution in [-0.4, -0.2) is 32.2 Å². The molecule has 0 atom stereocenters. The summed E-state index contributed by atoms with van der Waals surface area (Å²) < 4.78 is 32.5. The molecule has 106 valence electrons. The monoisotopic (exact) mass is 285 g/mol. The van der Waals surface area contributed by atoms with E-state index in [9.17, 15) is 8.42 Å². The van der Waals surface area contributed by atoms with Gasteiger partial charge < -0.3 is 10.5 Å². The zero-order valence-electron chi connectivity index (χ0n) is 10.9. The fourth-order valence-corrected chi connectivity index (χ4v) is 3.60. The minimum Gasteiger partial charge on any atom is -0.378 e. The summed E-state index contributed by atoms with van der Waals surface area (Å²) >= 11 is 0. The minimum atomic E-state index is -3.55. The van der Waals surface area contributed by atoms with E-state index < -0.39 is 10.0 Å². The molecule has 1 aromatic heterocycles. The van der Waals surface area contributed by atoms with Gasteiger partial charge in [0.1, 0.15) is 4.90 Å². The summed E-state index contributed by atoms with van der Waals surface area (Å²) in [7, 11) is -3.55. The van der Waals surface area contributed by atoms with Crippen molar-refractivity contribution in [1.82, 2.24) is 9.71 Å². The Hall–Kier alpha value is -1.02. The summed E-state index contributed by atoms with van der Waals surface area (Å²) in [5, 5.41) is 0. The normalized spacial score (nSPS) is 23.1. The predicted octanol–water partition coefficient (Wildman–Crippen LogP) is 0.386. The third-order valence-electron chi connectivity index (χ3n) is 3.15. The van der Waals surface area contributed by atoms with Crippen LogP contribution in [0.3, 0.4) is 0 Å². The highest BCUT2D eigenvalue weighted by molar-refractivity contribution is 7.89. The first-order valence-electron chi connectivity index (χ1n) is 6.34. The van der Waals surface area contributed by atoms with Crippen LogP contribution < -0.4 is 10.5 Å². The lowest BCUT2D eigenvalue weighted by atomic mass is 9.90. The molecule has 3 N–H and O–H groups in total.